The highest BCUT2D eigenvalue weighted by atomic mass is 35.5. The minimum atomic E-state index is -0.183. The first-order valence-electron chi connectivity index (χ1n) is 9.42. The number of amides is 2. The van der Waals surface area contributed by atoms with Crippen LogP contribution in [0.15, 0.2) is 53.1 Å². The van der Waals surface area contributed by atoms with Crippen molar-refractivity contribution in [3.63, 3.8) is 0 Å². The molecule has 150 valence electrons. The van der Waals surface area contributed by atoms with Crippen LogP contribution in [0.1, 0.15) is 24.7 Å². The van der Waals surface area contributed by atoms with Gasteiger partial charge in [-0.2, -0.15) is 4.98 Å². The van der Waals surface area contributed by atoms with Crippen molar-refractivity contribution in [2.45, 2.75) is 18.8 Å². The first-order chi connectivity index (χ1) is 14.1. The van der Waals surface area contributed by atoms with Gasteiger partial charge in [0.25, 0.3) is 0 Å². The number of methoxy groups -OCH3 is 1. The SMILES string of the molecule is COc1ccc(-c2noc([C@H]3CCCN(C(=O)Nc4ccccc4Cl)C3)n2)cc1. The Morgan fingerprint density at radius 3 is 2.79 bits per heavy atom. The van der Waals surface area contributed by atoms with Crippen LogP contribution >= 0.6 is 11.6 Å². The standard InChI is InChI=1S/C21H21ClN4O3/c1-28-16-10-8-14(9-11-16)19-24-20(29-25-19)15-5-4-12-26(13-15)21(27)23-18-7-3-2-6-17(18)22/h2-3,6-11,15H,4-5,12-13H2,1H3,(H,23,27)/t15-/m0/s1. The number of ether oxygens (including phenoxy) is 1. The molecule has 0 unspecified atom stereocenters. The van der Waals surface area contributed by atoms with Crippen molar-refractivity contribution in [1.82, 2.24) is 15.0 Å². The smallest absolute Gasteiger partial charge is 0.321 e. The Morgan fingerprint density at radius 2 is 2.03 bits per heavy atom. The van der Waals surface area contributed by atoms with Crippen LogP contribution in [0.4, 0.5) is 10.5 Å². The van der Waals surface area contributed by atoms with Crippen LogP contribution < -0.4 is 10.1 Å². The van der Waals surface area contributed by atoms with Crippen molar-refractivity contribution in [2.75, 3.05) is 25.5 Å². The fraction of sp³-hybridized carbons (Fsp3) is 0.286. The van der Waals surface area contributed by atoms with E-state index in [1.54, 1.807) is 24.1 Å². The number of rotatable bonds is 4. The molecule has 2 heterocycles. The molecule has 1 aliphatic heterocycles. The van der Waals surface area contributed by atoms with Crippen molar-refractivity contribution >= 4 is 23.3 Å². The predicted molar refractivity (Wildman–Crippen MR) is 110 cm³/mol. The van der Waals surface area contributed by atoms with Crippen molar-refractivity contribution in [1.29, 1.82) is 0 Å². The fourth-order valence-corrected chi connectivity index (χ4v) is 3.56. The molecule has 0 bridgehead atoms. The third-order valence-electron chi connectivity index (χ3n) is 4.96. The van der Waals surface area contributed by atoms with Crippen LogP contribution in [0.25, 0.3) is 11.4 Å². The van der Waals surface area contributed by atoms with Gasteiger partial charge < -0.3 is 19.5 Å². The maximum Gasteiger partial charge on any atom is 0.321 e. The Balaban J connectivity index is 1.44. The third kappa shape index (κ3) is 4.35. The molecule has 1 aromatic heterocycles. The van der Waals surface area contributed by atoms with E-state index < -0.39 is 0 Å². The molecular weight excluding hydrogens is 392 g/mol. The summed E-state index contributed by atoms with van der Waals surface area (Å²) in [7, 11) is 1.62. The number of hydrogen-bond donors (Lipinski definition) is 1. The van der Waals surface area contributed by atoms with E-state index >= 15 is 0 Å². The van der Waals surface area contributed by atoms with Gasteiger partial charge in [-0.3, -0.25) is 0 Å². The zero-order valence-electron chi connectivity index (χ0n) is 16.0. The summed E-state index contributed by atoms with van der Waals surface area (Å²) < 4.78 is 10.7. The molecule has 0 saturated carbocycles. The molecule has 1 saturated heterocycles. The van der Waals surface area contributed by atoms with Gasteiger partial charge in [-0.1, -0.05) is 28.9 Å². The number of hydrogen-bond acceptors (Lipinski definition) is 5. The van der Waals surface area contributed by atoms with Gasteiger partial charge in [-0.15, -0.1) is 0 Å². The number of carbonyl (C=O) groups excluding carboxylic acids is 1. The predicted octanol–water partition coefficient (Wildman–Crippen LogP) is 4.81. The minimum Gasteiger partial charge on any atom is -0.497 e. The summed E-state index contributed by atoms with van der Waals surface area (Å²) in [5.41, 5.74) is 1.45. The molecule has 1 aliphatic rings. The van der Waals surface area contributed by atoms with Gasteiger partial charge in [0.15, 0.2) is 0 Å². The number of nitrogens with one attached hydrogen (secondary N) is 1. The molecule has 7 nitrogen and oxygen atoms in total. The number of carbonyl (C=O) groups is 1. The molecule has 2 amide bonds. The molecule has 4 rings (SSSR count). The van der Waals surface area contributed by atoms with Crippen LogP contribution in [0, 0.1) is 0 Å². The molecule has 8 heteroatoms. The van der Waals surface area contributed by atoms with Gasteiger partial charge >= 0.3 is 6.03 Å². The lowest BCUT2D eigenvalue weighted by atomic mass is 9.98. The zero-order chi connectivity index (χ0) is 20.2. The Kier molecular flexibility index (Phi) is 5.67. The van der Waals surface area contributed by atoms with E-state index in [4.69, 9.17) is 20.9 Å². The highest BCUT2D eigenvalue weighted by Crippen LogP contribution is 2.29. The number of anilines is 1. The number of aromatic nitrogens is 2. The van der Waals surface area contributed by atoms with Gasteiger partial charge in [0, 0.05) is 18.7 Å². The van der Waals surface area contributed by atoms with E-state index in [1.807, 2.05) is 36.4 Å². The number of urea groups is 1. The summed E-state index contributed by atoms with van der Waals surface area (Å²) in [6.45, 7) is 1.19. The van der Waals surface area contributed by atoms with Gasteiger partial charge in [0.1, 0.15) is 5.75 Å². The average Bonchev–Trinajstić information content (AvgIpc) is 3.26. The zero-order valence-corrected chi connectivity index (χ0v) is 16.7. The normalized spacial score (nSPS) is 16.5. The lowest BCUT2D eigenvalue weighted by Crippen LogP contribution is -2.41. The molecule has 0 radical (unpaired) electrons. The monoisotopic (exact) mass is 412 g/mol. The van der Waals surface area contributed by atoms with Crippen LogP contribution in [0.3, 0.4) is 0 Å². The first-order valence-corrected chi connectivity index (χ1v) is 9.80. The molecule has 29 heavy (non-hydrogen) atoms. The van der Waals surface area contributed by atoms with Crippen molar-refractivity contribution < 1.29 is 14.1 Å². The number of piperidine rings is 1. The van der Waals surface area contributed by atoms with Crippen molar-refractivity contribution in [3.05, 3.63) is 59.4 Å². The van der Waals surface area contributed by atoms with Crippen molar-refractivity contribution in [3.8, 4) is 17.1 Å². The van der Waals surface area contributed by atoms with E-state index in [1.165, 1.54) is 0 Å². The summed E-state index contributed by atoms with van der Waals surface area (Å²) in [5.74, 6) is 1.84. The summed E-state index contributed by atoms with van der Waals surface area (Å²) in [6.07, 6.45) is 1.75. The molecule has 0 aliphatic carbocycles. The van der Waals surface area contributed by atoms with Gasteiger partial charge in [0.2, 0.25) is 11.7 Å². The van der Waals surface area contributed by atoms with E-state index in [2.05, 4.69) is 15.5 Å². The fourth-order valence-electron chi connectivity index (χ4n) is 3.38. The topological polar surface area (TPSA) is 80.5 Å². The Bertz CT molecular complexity index is 990. The Hall–Kier alpha value is -3.06. The largest absolute Gasteiger partial charge is 0.497 e. The second-order valence-corrected chi connectivity index (χ2v) is 7.29. The number of para-hydroxylation sites is 1. The second-order valence-electron chi connectivity index (χ2n) is 6.88. The van der Waals surface area contributed by atoms with E-state index in [9.17, 15) is 4.79 Å². The Labute approximate surface area is 173 Å². The highest BCUT2D eigenvalue weighted by molar-refractivity contribution is 6.33. The van der Waals surface area contributed by atoms with E-state index in [0.29, 0.717) is 35.5 Å². The number of likely N-dealkylation sites (tertiary alicyclic amines) is 1. The van der Waals surface area contributed by atoms with Crippen LogP contribution in [0.2, 0.25) is 5.02 Å². The van der Waals surface area contributed by atoms with Crippen LogP contribution in [-0.4, -0.2) is 41.3 Å². The lowest BCUT2D eigenvalue weighted by molar-refractivity contribution is 0.184. The number of nitrogens with zero attached hydrogens (tertiary/aromatic N) is 3. The summed E-state index contributed by atoms with van der Waals surface area (Å²) >= 11 is 6.14. The van der Waals surface area contributed by atoms with E-state index in [-0.39, 0.29) is 11.9 Å². The van der Waals surface area contributed by atoms with Gasteiger partial charge in [0.05, 0.1) is 23.7 Å². The molecule has 2 aromatic carbocycles. The third-order valence-corrected chi connectivity index (χ3v) is 5.29. The van der Waals surface area contributed by atoms with Crippen LogP contribution in [-0.2, 0) is 0 Å². The average molecular weight is 413 g/mol. The second kappa shape index (κ2) is 8.53. The summed E-state index contributed by atoms with van der Waals surface area (Å²) in [4.78, 5) is 19.0. The molecule has 0 spiro atoms. The van der Waals surface area contributed by atoms with Crippen LogP contribution in [0.5, 0.6) is 5.75 Å². The Morgan fingerprint density at radius 1 is 1.24 bits per heavy atom. The minimum absolute atomic E-state index is 0.000226. The van der Waals surface area contributed by atoms with Gasteiger partial charge in [-0.25, -0.2) is 4.79 Å². The maximum atomic E-state index is 12.7. The molecule has 1 fully saturated rings. The molecule has 1 atom stereocenters. The maximum absolute atomic E-state index is 12.7. The lowest BCUT2D eigenvalue weighted by Gasteiger charge is -2.31. The summed E-state index contributed by atoms with van der Waals surface area (Å²) in [5, 5.41) is 7.48. The number of halogens is 1. The molecule has 3 aromatic rings. The van der Waals surface area contributed by atoms with Gasteiger partial charge in [-0.05, 0) is 49.2 Å². The number of benzene rings is 2. The quantitative estimate of drug-likeness (QED) is 0.665. The highest BCUT2D eigenvalue weighted by Gasteiger charge is 2.29. The molecule has 1 N–H and O–H groups in total. The van der Waals surface area contributed by atoms with E-state index in [0.717, 1.165) is 24.2 Å². The van der Waals surface area contributed by atoms with Crippen molar-refractivity contribution in [2.24, 2.45) is 0 Å². The first kappa shape index (κ1) is 19.3. The molecular formula is C21H21ClN4O3. The summed E-state index contributed by atoms with van der Waals surface area (Å²) in [6, 6.07) is 14.5.